The highest BCUT2D eigenvalue weighted by atomic mass is 32.2. The van der Waals surface area contributed by atoms with Crippen molar-refractivity contribution in [2.75, 3.05) is 18.2 Å². The molecule has 0 saturated carbocycles. The maximum atomic E-state index is 12.5. The fourth-order valence-corrected chi connectivity index (χ4v) is 3.81. The van der Waals surface area contributed by atoms with Crippen molar-refractivity contribution in [2.45, 2.75) is 11.7 Å². The van der Waals surface area contributed by atoms with Gasteiger partial charge in [0.2, 0.25) is 5.91 Å². The highest BCUT2D eigenvalue weighted by Gasteiger charge is 2.17. The van der Waals surface area contributed by atoms with Crippen molar-refractivity contribution in [1.82, 2.24) is 19.7 Å². The quantitative estimate of drug-likeness (QED) is 0.423. The smallest absolute Gasteiger partial charge is 0.234 e. The van der Waals surface area contributed by atoms with E-state index in [9.17, 15) is 4.79 Å². The topological polar surface area (TPSA) is 81.9 Å². The Morgan fingerprint density at radius 1 is 1.03 bits per heavy atom. The summed E-state index contributed by atoms with van der Waals surface area (Å²) >= 11 is 1.34. The van der Waals surface area contributed by atoms with Crippen molar-refractivity contribution in [3.05, 3.63) is 84.7 Å². The van der Waals surface area contributed by atoms with E-state index < -0.39 is 0 Å². The number of methoxy groups -OCH3 is 1. The molecule has 0 spiro atoms. The number of ether oxygens (including phenoxy) is 1. The highest BCUT2D eigenvalue weighted by Crippen LogP contribution is 2.26. The summed E-state index contributed by atoms with van der Waals surface area (Å²) in [5.74, 6) is 1.38. The molecular weight excluding hydrogens is 410 g/mol. The lowest BCUT2D eigenvalue weighted by Gasteiger charge is -2.11. The number of amides is 1. The molecule has 0 unspecified atom stereocenters. The standard InChI is InChI=1S/C23H21N5O2S/c1-30-20-12-6-5-11-19(20)25-21(29)16-31-23-27-26-22(18-10-7-13-24-14-18)28(23)15-17-8-3-2-4-9-17/h2-14H,15-16H2,1H3,(H,25,29). The lowest BCUT2D eigenvalue weighted by Crippen LogP contribution is -2.15. The Morgan fingerprint density at radius 3 is 2.61 bits per heavy atom. The summed E-state index contributed by atoms with van der Waals surface area (Å²) in [6.07, 6.45) is 3.48. The molecule has 0 atom stereocenters. The van der Waals surface area contributed by atoms with E-state index in [1.165, 1.54) is 11.8 Å². The van der Waals surface area contributed by atoms with Gasteiger partial charge in [-0.3, -0.25) is 14.3 Å². The molecule has 2 aromatic carbocycles. The van der Waals surface area contributed by atoms with Crippen LogP contribution in [-0.4, -0.2) is 38.5 Å². The molecule has 31 heavy (non-hydrogen) atoms. The van der Waals surface area contributed by atoms with Gasteiger partial charge < -0.3 is 10.1 Å². The molecule has 1 N–H and O–H groups in total. The summed E-state index contributed by atoms with van der Waals surface area (Å²) in [5, 5.41) is 12.3. The number of pyridine rings is 1. The van der Waals surface area contributed by atoms with Gasteiger partial charge in [0.05, 0.1) is 25.1 Å². The third-order valence-corrected chi connectivity index (χ3v) is 5.50. The van der Waals surface area contributed by atoms with Crippen molar-refractivity contribution in [3.8, 4) is 17.1 Å². The summed E-state index contributed by atoms with van der Waals surface area (Å²) in [6, 6.07) is 21.2. The zero-order chi connectivity index (χ0) is 21.5. The van der Waals surface area contributed by atoms with Crippen molar-refractivity contribution in [2.24, 2.45) is 0 Å². The van der Waals surface area contributed by atoms with E-state index >= 15 is 0 Å². The molecule has 2 aromatic heterocycles. The molecular formula is C23H21N5O2S. The molecule has 0 radical (unpaired) electrons. The van der Waals surface area contributed by atoms with Crippen LogP contribution in [0.4, 0.5) is 5.69 Å². The van der Waals surface area contributed by atoms with Crippen molar-refractivity contribution in [3.63, 3.8) is 0 Å². The van der Waals surface area contributed by atoms with Gasteiger partial charge in [0, 0.05) is 18.0 Å². The Morgan fingerprint density at radius 2 is 1.84 bits per heavy atom. The van der Waals surface area contributed by atoms with Crippen LogP contribution in [0.3, 0.4) is 0 Å². The van der Waals surface area contributed by atoms with Gasteiger partial charge in [-0.15, -0.1) is 10.2 Å². The lowest BCUT2D eigenvalue weighted by molar-refractivity contribution is -0.113. The van der Waals surface area contributed by atoms with Crippen molar-refractivity contribution in [1.29, 1.82) is 0 Å². The first-order chi connectivity index (χ1) is 15.2. The van der Waals surface area contributed by atoms with Crippen LogP contribution in [0.1, 0.15) is 5.56 Å². The van der Waals surface area contributed by atoms with Crippen LogP contribution in [0.25, 0.3) is 11.4 Å². The second-order valence-corrected chi connectivity index (χ2v) is 7.60. The molecule has 4 aromatic rings. The van der Waals surface area contributed by atoms with Gasteiger partial charge >= 0.3 is 0 Å². The number of aromatic nitrogens is 4. The molecule has 2 heterocycles. The lowest BCUT2D eigenvalue weighted by atomic mass is 10.2. The van der Waals surface area contributed by atoms with E-state index in [1.807, 2.05) is 47.0 Å². The Bertz CT molecular complexity index is 1150. The second kappa shape index (κ2) is 9.90. The predicted molar refractivity (Wildman–Crippen MR) is 121 cm³/mol. The fraction of sp³-hybridized carbons (Fsp3) is 0.130. The number of nitrogens with zero attached hydrogens (tertiary/aromatic N) is 4. The van der Waals surface area contributed by atoms with Gasteiger partial charge in [0.15, 0.2) is 11.0 Å². The first-order valence-electron chi connectivity index (χ1n) is 9.68. The minimum atomic E-state index is -0.147. The zero-order valence-corrected chi connectivity index (χ0v) is 17.7. The number of nitrogens with one attached hydrogen (secondary N) is 1. The van der Waals surface area contributed by atoms with Gasteiger partial charge in [-0.25, -0.2) is 0 Å². The molecule has 0 bridgehead atoms. The maximum Gasteiger partial charge on any atom is 0.234 e. The van der Waals surface area contributed by atoms with E-state index in [4.69, 9.17) is 4.74 Å². The number of para-hydroxylation sites is 2. The van der Waals surface area contributed by atoms with E-state index in [-0.39, 0.29) is 11.7 Å². The Kier molecular flexibility index (Phi) is 6.59. The van der Waals surface area contributed by atoms with Crippen LogP contribution >= 0.6 is 11.8 Å². The normalized spacial score (nSPS) is 10.6. The number of hydrogen-bond acceptors (Lipinski definition) is 6. The van der Waals surface area contributed by atoms with E-state index in [0.717, 1.165) is 11.1 Å². The number of thioether (sulfide) groups is 1. The van der Waals surface area contributed by atoms with Crippen LogP contribution in [-0.2, 0) is 11.3 Å². The fourth-order valence-electron chi connectivity index (χ4n) is 3.08. The van der Waals surface area contributed by atoms with Crippen LogP contribution in [0.2, 0.25) is 0 Å². The van der Waals surface area contributed by atoms with Crippen molar-refractivity contribution < 1.29 is 9.53 Å². The van der Waals surface area contributed by atoms with Gasteiger partial charge in [-0.1, -0.05) is 54.2 Å². The van der Waals surface area contributed by atoms with Crippen LogP contribution in [0.15, 0.2) is 84.3 Å². The van der Waals surface area contributed by atoms with Crippen LogP contribution < -0.4 is 10.1 Å². The predicted octanol–water partition coefficient (Wildman–Crippen LogP) is 4.13. The first kappa shape index (κ1) is 20.6. The molecule has 4 rings (SSSR count). The average Bonchev–Trinajstić information content (AvgIpc) is 3.21. The summed E-state index contributed by atoms with van der Waals surface area (Å²) in [6.45, 7) is 0.592. The minimum absolute atomic E-state index is 0.147. The number of hydrogen-bond donors (Lipinski definition) is 1. The Hall–Kier alpha value is -3.65. The van der Waals surface area contributed by atoms with Crippen LogP contribution in [0, 0.1) is 0 Å². The zero-order valence-electron chi connectivity index (χ0n) is 16.9. The number of carbonyl (C=O) groups is 1. The number of anilines is 1. The molecule has 156 valence electrons. The van der Waals surface area contributed by atoms with E-state index in [2.05, 4.69) is 32.6 Å². The number of benzene rings is 2. The number of carbonyl (C=O) groups excluding carboxylic acids is 1. The molecule has 0 aliphatic heterocycles. The summed E-state index contributed by atoms with van der Waals surface area (Å²) in [4.78, 5) is 16.7. The SMILES string of the molecule is COc1ccccc1NC(=O)CSc1nnc(-c2cccnc2)n1Cc1ccccc1. The van der Waals surface area contributed by atoms with Crippen LogP contribution in [0.5, 0.6) is 5.75 Å². The Balaban J connectivity index is 1.53. The third-order valence-electron chi connectivity index (χ3n) is 4.53. The summed E-state index contributed by atoms with van der Waals surface area (Å²) < 4.78 is 7.30. The summed E-state index contributed by atoms with van der Waals surface area (Å²) in [5.41, 5.74) is 2.63. The van der Waals surface area contributed by atoms with E-state index in [1.54, 1.807) is 31.6 Å². The van der Waals surface area contributed by atoms with Gasteiger partial charge in [-0.2, -0.15) is 0 Å². The maximum absolute atomic E-state index is 12.5. The summed E-state index contributed by atoms with van der Waals surface area (Å²) in [7, 11) is 1.58. The average molecular weight is 432 g/mol. The third kappa shape index (κ3) is 5.10. The number of rotatable bonds is 8. The largest absolute Gasteiger partial charge is 0.495 e. The van der Waals surface area contributed by atoms with Gasteiger partial charge in [-0.05, 0) is 29.8 Å². The highest BCUT2D eigenvalue weighted by molar-refractivity contribution is 7.99. The van der Waals surface area contributed by atoms with Gasteiger partial charge in [0.25, 0.3) is 0 Å². The van der Waals surface area contributed by atoms with Crippen molar-refractivity contribution >= 4 is 23.4 Å². The molecule has 1 amide bonds. The second-order valence-electron chi connectivity index (χ2n) is 6.66. The molecule has 8 heteroatoms. The molecule has 7 nitrogen and oxygen atoms in total. The Labute approximate surface area is 184 Å². The van der Waals surface area contributed by atoms with E-state index in [0.29, 0.717) is 29.0 Å². The molecule has 0 aliphatic rings. The monoisotopic (exact) mass is 431 g/mol. The molecule has 0 aliphatic carbocycles. The molecule has 0 saturated heterocycles. The first-order valence-corrected chi connectivity index (χ1v) is 10.7. The van der Waals surface area contributed by atoms with Gasteiger partial charge in [0.1, 0.15) is 5.75 Å². The molecule has 0 fully saturated rings. The minimum Gasteiger partial charge on any atom is -0.495 e.